The molecular formula is C17H19FO2S. The van der Waals surface area contributed by atoms with E-state index in [2.05, 4.69) is 12.1 Å². The molecule has 0 amide bonds. The van der Waals surface area contributed by atoms with Gasteiger partial charge in [-0.05, 0) is 53.9 Å². The Kier molecular flexibility index (Phi) is 6.57. The number of ether oxygens (including phenoxy) is 1. The minimum atomic E-state index is -0.208. The Balaban J connectivity index is 1.74. The fourth-order valence-corrected chi connectivity index (χ4v) is 2.18. The molecule has 2 rings (SSSR count). The fraction of sp³-hybridized carbons (Fsp3) is 0.294. The maximum atomic E-state index is 12.8. The number of halogens is 1. The van der Waals surface area contributed by atoms with Crippen LogP contribution in [0.15, 0.2) is 48.5 Å². The van der Waals surface area contributed by atoms with E-state index in [1.807, 2.05) is 18.4 Å². The quantitative estimate of drug-likeness (QED) is 0.535. The molecular weight excluding hydrogens is 287 g/mol. The van der Waals surface area contributed by atoms with E-state index in [0.717, 1.165) is 24.2 Å². The monoisotopic (exact) mass is 306 g/mol. The van der Waals surface area contributed by atoms with Gasteiger partial charge in [-0.2, -0.15) is 0 Å². The summed E-state index contributed by atoms with van der Waals surface area (Å²) in [5.74, 6) is 0.646. The lowest BCUT2D eigenvalue weighted by Gasteiger charge is -2.07. The number of benzene rings is 2. The molecule has 2 nitrogen and oxygen atoms in total. The van der Waals surface area contributed by atoms with Crippen molar-refractivity contribution < 1.29 is 13.3 Å². The van der Waals surface area contributed by atoms with Gasteiger partial charge in [-0.15, -0.1) is 0 Å². The summed E-state index contributed by atoms with van der Waals surface area (Å²) in [5, 5.41) is 0. The molecule has 2 aromatic carbocycles. The van der Waals surface area contributed by atoms with Crippen LogP contribution in [0.1, 0.15) is 11.1 Å². The van der Waals surface area contributed by atoms with Crippen molar-refractivity contribution in [2.24, 2.45) is 0 Å². The summed E-state index contributed by atoms with van der Waals surface area (Å²) in [6, 6.07) is 14.6. The highest BCUT2D eigenvalue weighted by molar-refractivity contribution is 7.93. The van der Waals surface area contributed by atoms with Crippen LogP contribution in [0.25, 0.3) is 0 Å². The third kappa shape index (κ3) is 5.78. The van der Waals surface area contributed by atoms with E-state index in [-0.39, 0.29) is 5.82 Å². The zero-order chi connectivity index (χ0) is 14.9. The maximum absolute atomic E-state index is 12.8. The number of hydrogen-bond acceptors (Lipinski definition) is 3. The topological polar surface area (TPSA) is 18.5 Å². The molecule has 0 radical (unpaired) electrons. The van der Waals surface area contributed by atoms with E-state index in [1.165, 1.54) is 29.7 Å². The molecule has 2 aromatic rings. The molecule has 0 bridgehead atoms. The van der Waals surface area contributed by atoms with Crippen LogP contribution in [0, 0.1) is 5.82 Å². The van der Waals surface area contributed by atoms with E-state index in [9.17, 15) is 4.39 Å². The largest absolute Gasteiger partial charge is 0.493 e. The molecule has 21 heavy (non-hydrogen) atoms. The first-order valence-corrected chi connectivity index (χ1v) is 8.05. The van der Waals surface area contributed by atoms with E-state index < -0.39 is 0 Å². The molecule has 0 aromatic heterocycles. The molecule has 0 aliphatic heterocycles. The van der Waals surface area contributed by atoms with E-state index in [4.69, 9.17) is 8.92 Å². The molecule has 0 heterocycles. The Morgan fingerprint density at radius 3 is 2.05 bits per heavy atom. The summed E-state index contributed by atoms with van der Waals surface area (Å²) >= 11 is 1.39. The molecule has 0 N–H and O–H groups in total. The van der Waals surface area contributed by atoms with Crippen LogP contribution in [0.4, 0.5) is 4.39 Å². The van der Waals surface area contributed by atoms with Crippen molar-refractivity contribution in [3.63, 3.8) is 0 Å². The summed E-state index contributed by atoms with van der Waals surface area (Å²) in [6.07, 6.45) is 3.58. The molecule has 0 unspecified atom stereocenters. The normalized spacial score (nSPS) is 10.6. The molecule has 112 valence electrons. The van der Waals surface area contributed by atoms with Crippen LogP contribution < -0.4 is 4.74 Å². The van der Waals surface area contributed by atoms with Crippen LogP contribution in [0.5, 0.6) is 5.75 Å². The van der Waals surface area contributed by atoms with Gasteiger partial charge in [-0.3, -0.25) is 0 Å². The van der Waals surface area contributed by atoms with Gasteiger partial charge in [0, 0.05) is 12.7 Å². The van der Waals surface area contributed by atoms with Gasteiger partial charge in [0.05, 0.1) is 13.2 Å². The Labute approximate surface area is 129 Å². The second-order valence-corrected chi connectivity index (χ2v) is 5.18. The average Bonchev–Trinajstić information content (AvgIpc) is 2.51. The molecule has 0 aliphatic carbocycles. The van der Waals surface area contributed by atoms with Crippen LogP contribution in [0.2, 0.25) is 0 Å². The Morgan fingerprint density at radius 2 is 1.43 bits per heavy atom. The SMILES string of the molecule is CSOCCc1ccc(OCCc2ccc(F)cc2)cc1. The molecule has 0 atom stereocenters. The van der Waals surface area contributed by atoms with Gasteiger partial charge in [-0.25, -0.2) is 4.39 Å². The van der Waals surface area contributed by atoms with Gasteiger partial charge < -0.3 is 8.92 Å². The average molecular weight is 306 g/mol. The predicted octanol–water partition coefficient (Wildman–Crippen LogP) is 4.28. The van der Waals surface area contributed by atoms with E-state index in [1.54, 1.807) is 12.1 Å². The lowest BCUT2D eigenvalue weighted by molar-refractivity contribution is 0.321. The summed E-state index contributed by atoms with van der Waals surface area (Å²) in [6.45, 7) is 1.30. The third-order valence-electron chi connectivity index (χ3n) is 3.09. The van der Waals surface area contributed by atoms with Crippen LogP contribution in [-0.2, 0) is 17.0 Å². The van der Waals surface area contributed by atoms with Crippen molar-refractivity contribution in [3.05, 3.63) is 65.5 Å². The summed E-state index contributed by atoms with van der Waals surface area (Å²) in [4.78, 5) is 0. The zero-order valence-electron chi connectivity index (χ0n) is 12.0. The van der Waals surface area contributed by atoms with Crippen molar-refractivity contribution in [2.75, 3.05) is 19.5 Å². The van der Waals surface area contributed by atoms with Gasteiger partial charge in [0.15, 0.2) is 0 Å². The van der Waals surface area contributed by atoms with Gasteiger partial charge in [0.1, 0.15) is 11.6 Å². The zero-order valence-corrected chi connectivity index (χ0v) is 12.9. The second kappa shape index (κ2) is 8.70. The third-order valence-corrected chi connectivity index (χ3v) is 3.49. The van der Waals surface area contributed by atoms with Crippen molar-refractivity contribution >= 4 is 12.0 Å². The Bertz CT molecular complexity index is 525. The van der Waals surface area contributed by atoms with Gasteiger partial charge in [-0.1, -0.05) is 24.3 Å². The molecule has 4 heteroatoms. The van der Waals surface area contributed by atoms with Crippen LogP contribution in [0.3, 0.4) is 0 Å². The first-order chi connectivity index (χ1) is 10.3. The molecule has 0 aliphatic rings. The van der Waals surface area contributed by atoms with Crippen LogP contribution in [-0.4, -0.2) is 19.5 Å². The Morgan fingerprint density at radius 1 is 0.857 bits per heavy atom. The molecule has 0 spiro atoms. The van der Waals surface area contributed by atoms with Gasteiger partial charge in [0.2, 0.25) is 0 Å². The highest BCUT2D eigenvalue weighted by atomic mass is 32.2. The minimum Gasteiger partial charge on any atom is -0.493 e. The highest BCUT2D eigenvalue weighted by Gasteiger charge is 1.98. The van der Waals surface area contributed by atoms with Crippen molar-refractivity contribution in [3.8, 4) is 5.75 Å². The standard InChI is InChI=1S/C17H19FO2S/c1-21-20-13-11-15-4-8-17(9-5-15)19-12-10-14-2-6-16(18)7-3-14/h2-9H,10-13H2,1H3. The molecule has 0 saturated carbocycles. The Hall–Kier alpha value is -1.52. The first-order valence-electron chi connectivity index (χ1n) is 6.90. The predicted molar refractivity (Wildman–Crippen MR) is 85.2 cm³/mol. The summed E-state index contributed by atoms with van der Waals surface area (Å²) in [7, 11) is 0. The number of rotatable bonds is 8. The number of hydrogen-bond donors (Lipinski definition) is 0. The van der Waals surface area contributed by atoms with Crippen molar-refractivity contribution in [1.82, 2.24) is 0 Å². The molecule has 0 saturated heterocycles. The van der Waals surface area contributed by atoms with Crippen molar-refractivity contribution in [1.29, 1.82) is 0 Å². The smallest absolute Gasteiger partial charge is 0.123 e. The van der Waals surface area contributed by atoms with Crippen molar-refractivity contribution in [2.45, 2.75) is 12.8 Å². The molecule has 0 fully saturated rings. The fourth-order valence-electron chi connectivity index (χ4n) is 1.93. The van der Waals surface area contributed by atoms with Crippen LogP contribution >= 0.6 is 12.0 Å². The van der Waals surface area contributed by atoms with Gasteiger partial charge in [0.25, 0.3) is 0 Å². The lowest BCUT2D eigenvalue weighted by Crippen LogP contribution is -2.01. The second-order valence-electron chi connectivity index (χ2n) is 4.61. The minimum absolute atomic E-state index is 0.208. The van der Waals surface area contributed by atoms with E-state index >= 15 is 0 Å². The van der Waals surface area contributed by atoms with E-state index in [0.29, 0.717) is 13.2 Å². The highest BCUT2D eigenvalue weighted by Crippen LogP contribution is 2.14. The van der Waals surface area contributed by atoms with Gasteiger partial charge >= 0.3 is 0 Å². The maximum Gasteiger partial charge on any atom is 0.123 e. The first kappa shape index (κ1) is 15.9. The lowest BCUT2D eigenvalue weighted by atomic mass is 10.1. The summed E-state index contributed by atoms with van der Waals surface area (Å²) < 4.78 is 23.7. The summed E-state index contributed by atoms with van der Waals surface area (Å²) in [5.41, 5.74) is 2.30.